The lowest BCUT2D eigenvalue weighted by Gasteiger charge is -2.29. The lowest BCUT2D eigenvalue weighted by atomic mass is 9.93. The second-order valence-corrected chi connectivity index (χ2v) is 4.66. The molecule has 1 rings (SSSR count). The number of carboxylic acid groups (broad SMARTS) is 1. The smallest absolute Gasteiger partial charge is 0.320 e. The number of hydrogen-bond acceptors (Lipinski definition) is 2. The number of rotatable bonds is 4. The minimum atomic E-state index is -0.692. The maximum atomic E-state index is 10.9. The van der Waals surface area contributed by atoms with Crippen LogP contribution in [0.4, 0.5) is 0 Å². The van der Waals surface area contributed by atoms with Crippen molar-refractivity contribution < 1.29 is 9.90 Å². The molecule has 1 aliphatic rings. The Morgan fingerprint density at radius 2 is 2.36 bits per heavy atom. The molecule has 0 saturated carbocycles. The van der Waals surface area contributed by atoms with Crippen molar-refractivity contribution in [3.8, 4) is 0 Å². The summed E-state index contributed by atoms with van der Waals surface area (Å²) < 4.78 is 0. The number of carbonyl (C=O) groups is 1. The predicted octanol–water partition coefficient (Wildman–Crippen LogP) is 1.75. The standard InChI is InChI=1S/C11H19NO2/c1-4-11(2,3)8-12-7-5-6-9(12)10(13)14/h4,9H,1,5-8H2,2-3H3,(H,13,14). The first-order chi connectivity index (χ1) is 6.46. The van der Waals surface area contributed by atoms with Crippen molar-refractivity contribution >= 4 is 5.97 Å². The van der Waals surface area contributed by atoms with E-state index in [0.717, 1.165) is 25.9 Å². The van der Waals surface area contributed by atoms with Crippen molar-refractivity contribution in [3.05, 3.63) is 12.7 Å². The molecule has 0 aromatic carbocycles. The van der Waals surface area contributed by atoms with E-state index in [0.29, 0.717) is 0 Å². The first-order valence-electron chi connectivity index (χ1n) is 5.07. The summed E-state index contributed by atoms with van der Waals surface area (Å²) in [6.45, 7) is 9.61. The minimum absolute atomic E-state index is 0.00194. The van der Waals surface area contributed by atoms with Crippen LogP contribution >= 0.6 is 0 Å². The van der Waals surface area contributed by atoms with Gasteiger partial charge in [-0.05, 0) is 24.8 Å². The fourth-order valence-corrected chi connectivity index (χ4v) is 1.88. The fourth-order valence-electron chi connectivity index (χ4n) is 1.88. The van der Waals surface area contributed by atoms with Crippen LogP contribution in [0.25, 0.3) is 0 Å². The highest BCUT2D eigenvalue weighted by atomic mass is 16.4. The van der Waals surface area contributed by atoms with E-state index in [2.05, 4.69) is 20.4 Å². The SMILES string of the molecule is C=CC(C)(C)CN1CCCC1C(=O)O. The van der Waals surface area contributed by atoms with Crippen LogP contribution in [0.3, 0.4) is 0 Å². The third-order valence-electron chi connectivity index (χ3n) is 2.81. The Labute approximate surface area is 85.4 Å². The number of aliphatic carboxylic acids is 1. The van der Waals surface area contributed by atoms with Gasteiger partial charge < -0.3 is 5.11 Å². The number of carboxylic acids is 1. The molecule has 80 valence electrons. The molecule has 14 heavy (non-hydrogen) atoms. The lowest BCUT2D eigenvalue weighted by Crippen LogP contribution is -2.41. The number of hydrogen-bond donors (Lipinski definition) is 1. The summed E-state index contributed by atoms with van der Waals surface area (Å²) in [5, 5.41) is 8.99. The van der Waals surface area contributed by atoms with Gasteiger partial charge in [0.2, 0.25) is 0 Å². The van der Waals surface area contributed by atoms with Crippen molar-refractivity contribution in [3.63, 3.8) is 0 Å². The predicted molar refractivity (Wildman–Crippen MR) is 56.2 cm³/mol. The summed E-state index contributed by atoms with van der Waals surface area (Å²) in [6, 6.07) is -0.283. The fraction of sp³-hybridized carbons (Fsp3) is 0.727. The molecule has 1 fully saturated rings. The van der Waals surface area contributed by atoms with Gasteiger partial charge in [-0.1, -0.05) is 19.9 Å². The molecule has 1 unspecified atom stereocenters. The van der Waals surface area contributed by atoms with Gasteiger partial charge in [-0.15, -0.1) is 6.58 Å². The summed E-state index contributed by atoms with van der Waals surface area (Å²) in [4.78, 5) is 13.0. The van der Waals surface area contributed by atoms with Crippen LogP contribution in [0.2, 0.25) is 0 Å². The van der Waals surface area contributed by atoms with Crippen molar-refractivity contribution in [2.75, 3.05) is 13.1 Å². The molecule has 3 nitrogen and oxygen atoms in total. The third-order valence-corrected chi connectivity index (χ3v) is 2.81. The Morgan fingerprint density at radius 3 is 2.86 bits per heavy atom. The van der Waals surface area contributed by atoms with Gasteiger partial charge in [0, 0.05) is 6.54 Å². The van der Waals surface area contributed by atoms with E-state index in [4.69, 9.17) is 5.11 Å². The third kappa shape index (κ3) is 2.58. The Morgan fingerprint density at radius 1 is 1.71 bits per heavy atom. The summed E-state index contributed by atoms with van der Waals surface area (Å²) in [7, 11) is 0. The summed E-state index contributed by atoms with van der Waals surface area (Å²) >= 11 is 0. The minimum Gasteiger partial charge on any atom is -0.480 e. The van der Waals surface area contributed by atoms with Gasteiger partial charge in [-0.25, -0.2) is 0 Å². The van der Waals surface area contributed by atoms with Gasteiger partial charge in [0.25, 0.3) is 0 Å². The molecule has 1 saturated heterocycles. The van der Waals surface area contributed by atoms with Crippen molar-refractivity contribution in [1.82, 2.24) is 4.90 Å². The molecule has 0 bridgehead atoms. The molecule has 3 heteroatoms. The van der Waals surface area contributed by atoms with Crippen molar-refractivity contribution in [2.45, 2.75) is 32.7 Å². The van der Waals surface area contributed by atoms with Crippen LogP contribution in [0, 0.1) is 5.41 Å². The lowest BCUT2D eigenvalue weighted by molar-refractivity contribution is -0.142. The summed E-state index contributed by atoms with van der Waals surface area (Å²) in [5.74, 6) is -0.692. The molecule has 1 N–H and O–H groups in total. The highest BCUT2D eigenvalue weighted by molar-refractivity contribution is 5.73. The first kappa shape index (κ1) is 11.2. The van der Waals surface area contributed by atoms with Crippen molar-refractivity contribution in [2.24, 2.45) is 5.41 Å². The van der Waals surface area contributed by atoms with Gasteiger partial charge in [0.05, 0.1) is 0 Å². The first-order valence-corrected chi connectivity index (χ1v) is 5.07. The molecule has 0 aromatic heterocycles. The Kier molecular flexibility index (Phi) is 3.32. The zero-order chi connectivity index (χ0) is 10.8. The van der Waals surface area contributed by atoms with Gasteiger partial charge in [-0.3, -0.25) is 9.69 Å². The van der Waals surface area contributed by atoms with Crippen LogP contribution in [0.1, 0.15) is 26.7 Å². The van der Waals surface area contributed by atoms with Gasteiger partial charge in [0.15, 0.2) is 0 Å². The van der Waals surface area contributed by atoms with E-state index in [1.807, 2.05) is 11.0 Å². The van der Waals surface area contributed by atoms with Gasteiger partial charge >= 0.3 is 5.97 Å². The topological polar surface area (TPSA) is 40.5 Å². The quantitative estimate of drug-likeness (QED) is 0.698. The van der Waals surface area contributed by atoms with Crippen molar-refractivity contribution in [1.29, 1.82) is 0 Å². The molecule has 0 radical (unpaired) electrons. The molecular weight excluding hydrogens is 178 g/mol. The zero-order valence-electron chi connectivity index (χ0n) is 8.99. The summed E-state index contributed by atoms with van der Waals surface area (Å²) in [5.41, 5.74) is -0.00194. The van der Waals surface area contributed by atoms with Crippen LogP contribution in [0.15, 0.2) is 12.7 Å². The molecule has 0 aliphatic carbocycles. The Balaban J connectivity index is 2.60. The largest absolute Gasteiger partial charge is 0.480 e. The van der Waals surface area contributed by atoms with E-state index in [1.54, 1.807) is 0 Å². The molecule has 1 heterocycles. The Bertz CT molecular complexity index is 235. The second kappa shape index (κ2) is 4.13. The summed E-state index contributed by atoms with van der Waals surface area (Å²) in [6.07, 6.45) is 3.66. The van der Waals surface area contributed by atoms with Gasteiger partial charge in [0.1, 0.15) is 6.04 Å². The highest BCUT2D eigenvalue weighted by Gasteiger charge is 2.33. The Hall–Kier alpha value is -0.830. The maximum Gasteiger partial charge on any atom is 0.320 e. The average molecular weight is 197 g/mol. The van der Waals surface area contributed by atoms with E-state index in [1.165, 1.54) is 0 Å². The maximum absolute atomic E-state index is 10.9. The van der Waals surface area contributed by atoms with Crippen LogP contribution in [-0.2, 0) is 4.79 Å². The number of nitrogens with zero attached hydrogens (tertiary/aromatic N) is 1. The number of likely N-dealkylation sites (tertiary alicyclic amines) is 1. The zero-order valence-corrected chi connectivity index (χ0v) is 8.99. The average Bonchev–Trinajstić information content (AvgIpc) is 2.51. The molecule has 1 atom stereocenters. The molecule has 1 aliphatic heterocycles. The second-order valence-electron chi connectivity index (χ2n) is 4.66. The van der Waals surface area contributed by atoms with E-state index < -0.39 is 5.97 Å². The molecule has 0 amide bonds. The van der Waals surface area contributed by atoms with Crippen LogP contribution in [0.5, 0.6) is 0 Å². The van der Waals surface area contributed by atoms with Gasteiger partial charge in [-0.2, -0.15) is 0 Å². The molecular formula is C11H19NO2. The highest BCUT2D eigenvalue weighted by Crippen LogP contribution is 2.24. The normalized spacial score (nSPS) is 23.7. The monoisotopic (exact) mass is 197 g/mol. The van der Waals surface area contributed by atoms with E-state index in [-0.39, 0.29) is 11.5 Å². The van der Waals surface area contributed by atoms with E-state index in [9.17, 15) is 4.79 Å². The molecule has 0 spiro atoms. The van der Waals surface area contributed by atoms with Crippen LogP contribution in [-0.4, -0.2) is 35.1 Å². The van der Waals surface area contributed by atoms with E-state index >= 15 is 0 Å². The van der Waals surface area contributed by atoms with Crippen LogP contribution < -0.4 is 0 Å². The molecule has 0 aromatic rings.